The van der Waals surface area contributed by atoms with Crippen molar-refractivity contribution < 1.29 is 4.74 Å². The Kier molecular flexibility index (Phi) is 3.44. The number of rotatable bonds is 3. The van der Waals surface area contributed by atoms with E-state index in [-0.39, 0.29) is 6.04 Å². The summed E-state index contributed by atoms with van der Waals surface area (Å²) in [5, 5.41) is 0. The number of aromatic nitrogens is 1. The van der Waals surface area contributed by atoms with Crippen LogP contribution in [0.3, 0.4) is 0 Å². The van der Waals surface area contributed by atoms with E-state index in [4.69, 9.17) is 10.5 Å². The Hall–Kier alpha value is -0.800. The average Bonchev–Trinajstić information content (AvgIpc) is 2.67. The molecule has 1 fully saturated rings. The van der Waals surface area contributed by atoms with Gasteiger partial charge in [0.1, 0.15) is 0 Å². The fraction of sp³-hybridized carbons (Fsp3) is 0.667. The summed E-state index contributed by atoms with van der Waals surface area (Å²) in [7, 11) is 0. The van der Waals surface area contributed by atoms with E-state index < -0.39 is 0 Å². The molecule has 2 rings (SSSR count). The minimum absolute atomic E-state index is 0.125. The van der Waals surface area contributed by atoms with Crippen LogP contribution in [0.5, 0.6) is 0 Å². The van der Waals surface area contributed by atoms with E-state index in [1.54, 1.807) is 0 Å². The highest BCUT2D eigenvalue weighted by Crippen LogP contribution is 2.19. The Morgan fingerprint density at radius 2 is 2.27 bits per heavy atom. The van der Waals surface area contributed by atoms with Crippen molar-refractivity contribution in [2.45, 2.75) is 32.4 Å². The third kappa shape index (κ3) is 2.61. The van der Waals surface area contributed by atoms with Crippen LogP contribution >= 0.6 is 0 Å². The number of hydrogen-bond donors (Lipinski definition) is 1. The van der Waals surface area contributed by atoms with Crippen LogP contribution in [0.4, 0.5) is 0 Å². The number of nitrogens with zero attached hydrogens (tertiary/aromatic N) is 1. The molecule has 1 aliphatic rings. The van der Waals surface area contributed by atoms with Crippen LogP contribution in [0.1, 0.15) is 31.5 Å². The zero-order valence-electron chi connectivity index (χ0n) is 9.36. The molecule has 2 heterocycles. The topological polar surface area (TPSA) is 40.2 Å². The highest BCUT2D eigenvalue weighted by atomic mass is 16.5. The fourth-order valence-electron chi connectivity index (χ4n) is 2.21. The van der Waals surface area contributed by atoms with Crippen molar-refractivity contribution in [3.8, 4) is 0 Å². The molecule has 2 N–H and O–H groups in total. The lowest BCUT2D eigenvalue weighted by atomic mass is 10.0. The SMILES string of the molecule is CC(N)c1cccn1CC1CCOCC1. The molecule has 0 saturated carbocycles. The summed E-state index contributed by atoms with van der Waals surface area (Å²) in [6, 6.07) is 4.32. The van der Waals surface area contributed by atoms with Crippen LogP contribution in [-0.2, 0) is 11.3 Å². The Balaban J connectivity index is 1.99. The van der Waals surface area contributed by atoms with Crippen LogP contribution in [-0.4, -0.2) is 17.8 Å². The summed E-state index contributed by atoms with van der Waals surface area (Å²) < 4.78 is 7.65. The second-order valence-electron chi connectivity index (χ2n) is 4.43. The number of hydrogen-bond acceptors (Lipinski definition) is 2. The smallest absolute Gasteiger partial charge is 0.0469 e. The Morgan fingerprint density at radius 1 is 1.53 bits per heavy atom. The van der Waals surface area contributed by atoms with Crippen molar-refractivity contribution >= 4 is 0 Å². The van der Waals surface area contributed by atoms with Crippen LogP contribution in [0.2, 0.25) is 0 Å². The lowest BCUT2D eigenvalue weighted by molar-refractivity contribution is 0.0610. The fourth-order valence-corrected chi connectivity index (χ4v) is 2.21. The first-order valence-corrected chi connectivity index (χ1v) is 5.75. The van der Waals surface area contributed by atoms with E-state index in [1.165, 1.54) is 18.5 Å². The summed E-state index contributed by atoms with van der Waals surface area (Å²) in [6.45, 7) is 4.96. The lowest BCUT2D eigenvalue weighted by Crippen LogP contribution is -2.22. The van der Waals surface area contributed by atoms with Crippen LogP contribution < -0.4 is 5.73 Å². The van der Waals surface area contributed by atoms with Crippen LogP contribution in [0, 0.1) is 5.92 Å². The van der Waals surface area contributed by atoms with Gasteiger partial charge in [-0.1, -0.05) is 0 Å². The zero-order chi connectivity index (χ0) is 10.7. The summed E-state index contributed by atoms with van der Waals surface area (Å²) in [4.78, 5) is 0. The molecule has 1 aromatic heterocycles. The van der Waals surface area contributed by atoms with E-state index >= 15 is 0 Å². The zero-order valence-corrected chi connectivity index (χ0v) is 9.36. The van der Waals surface area contributed by atoms with Gasteiger partial charge >= 0.3 is 0 Å². The Labute approximate surface area is 91.2 Å². The maximum Gasteiger partial charge on any atom is 0.0469 e. The highest BCUT2D eigenvalue weighted by molar-refractivity contribution is 5.10. The maximum absolute atomic E-state index is 5.92. The van der Waals surface area contributed by atoms with Gasteiger partial charge in [-0.3, -0.25) is 0 Å². The molecule has 0 amide bonds. The van der Waals surface area contributed by atoms with Crippen molar-refractivity contribution in [2.75, 3.05) is 13.2 Å². The molecular weight excluding hydrogens is 188 g/mol. The third-order valence-corrected chi connectivity index (χ3v) is 3.13. The van der Waals surface area contributed by atoms with Gasteiger partial charge in [-0.05, 0) is 37.8 Å². The van der Waals surface area contributed by atoms with Gasteiger partial charge < -0.3 is 15.0 Å². The largest absolute Gasteiger partial charge is 0.381 e. The maximum atomic E-state index is 5.92. The molecule has 0 aromatic carbocycles. The summed E-state index contributed by atoms with van der Waals surface area (Å²) >= 11 is 0. The molecule has 1 atom stereocenters. The first-order chi connectivity index (χ1) is 7.27. The average molecular weight is 208 g/mol. The molecule has 1 unspecified atom stereocenters. The van der Waals surface area contributed by atoms with Gasteiger partial charge in [0.2, 0.25) is 0 Å². The molecule has 3 heteroatoms. The molecule has 0 bridgehead atoms. The summed E-state index contributed by atoms with van der Waals surface area (Å²) in [5.74, 6) is 0.753. The molecule has 0 spiro atoms. The first kappa shape index (κ1) is 10.7. The van der Waals surface area contributed by atoms with Crippen molar-refractivity contribution in [1.82, 2.24) is 4.57 Å². The first-order valence-electron chi connectivity index (χ1n) is 5.75. The van der Waals surface area contributed by atoms with E-state index in [0.717, 1.165) is 25.7 Å². The number of ether oxygens (including phenoxy) is 1. The summed E-state index contributed by atoms with van der Waals surface area (Å²) in [5.41, 5.74) is 7.16. The van der Waals surface area contributed by atoms with Crippen molar-refractivity contribution in [3.63, 3.8) is 0 Å². The predicted molar refractivity (Wildman–Crippen MR) is 60.6 cm³/mol. The van der Waals surface area contributed by atoms with E-state index in [2.05, 4.69) is 22.9 Å². The van der Waals surface area contributed by atoms with E-state index in [1.807, 2.05) is 6.92 Å². The second kappa shape index (κ2) is 4.81. The van der Waals surface area contributed by atoms with Gasteiger partial charge in [-0.2, -0.15) is 0 Å². The minimum atomic E-state index is 0.125. The third-order valence-electron chi connectivity index (χ3n) is 3.13. The molecule has 0 radical (unpaired) electrons. The van der Waals surface area contributed by atoms with Gasteiger partial charge in [0.15, 0.2) is 0 Å². The molecule has 15 heavy (non-hydrogen) atoms. The molecular formula is C12H20N2O. The molecule has 1 saturated heterocycles. The molecule has 1 aromatic rings. The van der Waals surface area contributed by atoms with Crippen molar-refractivity contribution in [3.05, 3.63) is 24.0 Å². The molecule has 1 aliphatic heterocycles. The molecule has 3 nitrogen and oxygen atoms in total. The Morgan fingerprint density at radius 3 is 2.93 bits per heavy atom. The van der Waals surface area contributed by atoms with Crippen molar-refractivity contribution in [1.29, 1.82) is 0 Å². The molecule has 0 aliphatic carbocycles. The van der Waals surface area contributed by atoms with Crippen LogP contribution in [0.15, 0.2) is 18.3 Å². The van der Waals surface area contributed by atoms with Gasteiger partial charge in [0.25, 0.3) is 0 Å². The van der Waals surface area contributed by atoms with Gasteiger partial charge in [-0.15, -0.1) is 0 Å². The Bertz CT molecular complexity index is 300. The van der Waals surface area contributed by atoms with Crippen LogP contribution in [0.25, 0.3) is 0 Å². The second-order valence-corrected chi connectivity index (χ2v) is 4.43. The minimum Gasteiger partial charge on any atom is -0.381 e. The quantitative estimate of drug-likeness (QED) is 0.824. The van der Waals surface area contributed by atoms with E-state index in [0.29, 0.717) is 0 Å². The highest BCUT2D eigenvalue weighted by Gasteiger charge is 2.15. The van der Waals surface area contributed by atoms with Gasteiger partial charge in [0.05, 0.1) is 0 Å². The van der Waals surface area contributed by atoms with Crippen molar-refractivity contribution in [2.24, 2.45) is 11.7 Å². The summed E-state index contributed by atoms with van der Waals surface area (Å²) in [6.07, 6.45) is 4.49. The van der Waals surface area contributed by atoms with Gasteiger partial charge in [-0.25, -0.2) is 0 Å². The number of nitrogens with two attached hydrogens (primary N) is 1. The standard InChI is InChI=1S/C12H20N2O/c1-10(13)12-3-2-6-14(12)9-11-4-7-15-8-5-11/h2-3,6,10-11H,4-5,7-9,13H2,1H3. The van der Waals surface area contributed by atoms with Gasteiger partial charge in [0, 0.05) is 37.7 Å². The molecule has 84 valence electrons. The monoisotopic (exact) mass is 208 g/mol. The van der Waals surface area contributed by atoms with E-state index in [9.17, 15) is 0 Å². The normalized spacial score (nSPS) is 20.4. The lowest BCUT2D eigenvalue weighted by Gasteiger charge is -2.24. The predicted octanol–water partition coefficient (Wildman–Crippen LogP) is 1.93.